The summed E-state index contributed by atoms with van der Waals surface area (Å²) in [5, 5.41) is 21.5. The van der Waals surface area contributed by atoms with E-state index in [2.05, 4.69) is 15.3 Å². The largest absolute Gasteiger partial charge is 0.481 e. The van der Waals surface area contributed by atoms with E-state index in [0.29, 0.717) is 10.9 Å². The van der Waals surface area contributed by atoms with Crippen molar-refractivity contribution in [2.75, 3.05) is 17.7 Å². The second-order valence-corrected chi connectivity index (χ2v) is 6.09. The number of nitrogens with zero attached hydrogens (tertiary/aromatic N) is 5. The average Bonchev–Trinajstić information content (AvgIpc) is 2.95. The van der Waals surface area contributed by atoms with Gasteiger partial charge in [0.05, 0.1) is 11.9 Å². The highest BCUT2D eigenvalue weighted by atomic mass is 32.2. The van der Waals surface area contributed by atoms with Gasteiger partial charge in [-0.3, -0.25) is 9.48 Å². The van der Waals surface area contributed by atoms with Gasteiger partial charge in [0.2, 0.25) is 5.13 Å². The van der Waals surface area contributed by atoms with Gasteiger partial charge in [-0.25, -0.2) is 0 Å². The van der Waals surface area contributed by atoms with Gasteiger partial charge >= 0.3 is 5.97 Å². The summed E-state index contributed by atoms with van der Waals surface area (Å²) in [5.41, 5.74) is 1.08. The Morgan fingerprint density at radius 2 is 2.37 bits per heavy atom. The van der Waals surface area contributed by atoms with E-state index in [-0.39, 0.29) is 5.75 Å². The lowest BCUT2D eigenvalue weighted by molar-refractivity contribution is -0.133. The van der Waals surface area contributed by atoms with Crippen LogP contribution >= 0.6 is 23.1 Å². The Morgan fingerprint density at radius 3 is 3.00 bits per heavy atom. The molecule has 1 N–H and O–H groups in total. The Hall–Kier alpha value is -1.61. The van der Waals surface area contributed by atoms with Crippen molar-refractivity contribution in [3.8, 4) is 0 Å². The van der Waals surface area contributed by atoms with E-state index in [0.717, 1.165) is 10.7 Å². The first-order valence-electron chi connectivity index (χ1n) is 5.41. The summed E-state index contributed by atoms with van der Waals surface area (Å²) in [5.74, 6) is -0.855. The van der Waals surface area contributed by atoms with Crippen LogP contribution in [0.3, 0.4) is 0 Å². The number of aliphatic carboxylic acids is 1. The molecule has 0 fully saturated rings. The van der Waals surface area contributed by atoms with Gasteiger partial charge < -0.3 is 10.0 Å². The van der Waals surface area contributed by atoms with Crippen LogP contribution in [-0.2, 0) is 18.4 Å². The molecule has 0 saturated heterocycles. The Kier molecular flexibility index (Phi) is 4.38. The second kappa shape index (κ2) is 6.02. The van der Waals surface area contributed by atoms with Crippen LogP contribution in [0.2, 0.25) is 0 Å². The third kappa shape index (κ3) is 3.93. The Balaban J connectivity index is 1.95. The maximum Gasteiger partial charge on any atom is 0.313 e. The number of rotatable bonds is 6. The molecule has 0 aliphatic rings. The van der Waals surface area contributed by atoms with Crippen LogP contribution in [0.5, 0.6) is 0 Å². The monoisotopic (exact) mass is 299 g/mol. The van der Waals surface area contributed by atoms with E-state index >= 15 is 0 Å². The van der Waals surface area contributed by atoms with E-state index in [9.17, 15) is 4.79 Å². The zero-order valence-electron chi connectivity index (χ0n) is 10.5. The van der Waals surface area contributed by atoms with E-state index in [1.54, 1.807) is 10.9 Å². The number of hydrogen-bond donors (Lipinski definition) is 1. The molecule has 0 spiro atoms. The summed E-state index contributed by atoms with van der Waals surface area (Å²) in [4.78, 5) is 12.4. The first-order valence-corrected chi connectivity index (χ1v) is 7.21. The van der Waals surface area contributed by atoms with Gasteiger partial charge in [-0.05, 0) is 0 Å². The van der Waals surface area contributed by atoms with Crippen molar-refractivity contribution < 1.29 is 9.90 Å². The first kappa shape index (κ1) is 13.8. The van der Waals surface area contributed by atoms with Crippen molar-refractivity contribution >= 4 is 34.2 Å². The summed E-state index contributed by atoms with van der Waals surface area (Å²) >= 11 is 2.56. The number of carbonyl (C=O) groups is 1. The number of aryl methyl sites for hydroxylation is 1. The molecule has 0 bridgehead atoms. The molecule has 2 heterocycles. The number of anilines is 1. The van der Waals surface area contributed by atoms with Gasteiger partial charge in [-0.2, -0.15) is 5.10 Å². The van der Waals surface area contributed by atoms with Crippen molar-refractivity contribution in [2.45, 2.75) is 10.9 Å². The summed E-state index contributed by atoms with van der Waals surface area (Å²) in [6, 6.07) is 0. The average molecular weight is 299 g/mol. The molecule has 0 radical (unpaired) electrons. The molecular weight excluding hydrogens is 286 g/mol. The van der Waals surface area contributed by atoms with Gasteiger partial charge in [-0.1, -0.05) is 23.1 Å². The second-order valence-electron chi connectivity index (χ2n) is 3.91. The van der Waals surface area contributed by atoms with Crippen LogP contribution in [0.4, 0.5) is 5.13 Å². The highest BCUT2D eigenvalue weighted by Gasteiger charge is 2.11. The molecule has 19 heavy (non-hydrogen) atoms. The SMILES string of the molecule is CN(Cc1cnn(C)c1)c1nnc(SCC(=O)O)s1. The molecule has 2 rings (SSSR count). The van der Waals surface area contributed by atoms with Crippen molar-refractivity contribution in [3.05, 3.63) is 18.0 Å². The zero-order valence-corrected chi connectivity index (χ0v) is 12.1. The molecule has 102 valence electrons. The maximum absolute atomic E-state index is 10.5. The minimum absolute atomic E-state index is 0.000945. The lowest BCUT2D eigenvalue weighted by Gasteiger charge is -2.12. The number of carboxylic acids is 1. The molecule has 7 nitrogen and oxygen atoms in total. The zero-order chi connectivity index (χ0) is 13.8. The van der Waals surface area contributed by atoms with Crippen LogP contribution in [0, 0.1) is 0 Å². The number of aromatic nitrogens is 4. The minimum atomic E-state index is -0.856. The van der Waals surface area contributed by atoms with E-state index in [1.807, 2.05) is 25.2 Å². The quantitative estimate of drug-likeness (QED) is 0.799. The summed E-state index contributed by atoms with van der Waals surface area (Å²) in [6.07, 6.45) is 3.75. The molecule has 0 aliphatic heterocycles. The maximum atomic E-state index is 10.5. The first-order chi connectivity index (χ1) is 9.04. The minimum Gasteiger partial charge on any atom is -0.481 e. The smallest absolute Gasteiger partial charge is 0.313 e. The van der Waals surface area contributed by atoms with Gasteiger partial charge in [0.25, 0.3) is 0 Å². The van der Waals surface area contributed by atoms with Crippen molar-refractivity contribution in [1.82, 2.24) is 20.0 Å². The van der Waals surface area contributed by atoms with E-state index < -0.39 is 5.97 Å². The molecule has 0 saturated carbocycles. The lowest BCUT2D eigenvalue weighted by atomic mass is 10.3. The molecule has 0 aromatic carbocycles. The molecule has 2 aromatic heterocycles. The normalized spacial score (nSPS) is 10.6. The third-order valence-corrected chi connectivity index (χ3v) is 4.38. The Bertz CT molecular complexity index is 568. The fraction of sp³-hybridized carbons (Fsp3) is 0.400. The highest BCUT2D eigenvalue weighted by molar-refractivity contribution is 8.01. The Labute approximate surface area is 118 Å². The highest BCUT2D eigenvalue weighted by Crippen LogP contribution is 2.27. The topological polar surface area (TPSA) is 84.1 Å². The summed E-state index contributed by atoms with van der Waals surface area (Å²) in [6.45, 7) is 0.687. The molecule has 0 aliphatic carbocycles. The molecule has 0 unspecified atom stereocenters. The fourth-order valence-electron chi connectivity index (χ4n) is 1.43. The van der Waals surface area contributed by atoms with Gasteiger partial charge in [0.1, 0.15) is 0 Å². The summed E-state index contributed by atoms with van der Waals surface area (Å²) < 4.78 is 2.41. The predicted molar refractivity (Wildman–Crippen MR) is 73.6 cm³/mol. The molecular formula is C10H13N5O2S2. The van der Waals surface area contributed by atoms with Gasteiger partial charge in [0.15, 0.2) is 4.34 Å². The van der Waals surface area contributed by atoms with E-state index in [1.165, 1.54) is 23.1 Å². The molecule has 0 amide bonds. The van der Waals surface area contributed by atoms with Crippen LogP contribution in [0.1, 0.15) is 5.56 Å². The summed E-state index contributed by atoms with van der Waals surface area (Å²) in [7, 11) is 3.79. The molecule has 0 atom stereocenters. The van der Waals surface area contributed by atoms with Crippen LogP contribution in [0.15, 0.2) is 16.7 Å². The number of carboxylic acid groups (broad SMARTS) is 1. The number of hydrogen-bond acceptors (Lipinski definition) is 7. The van der Waals surface area contributed by atoms with E-state index in [4.69, 9.17) is 5.11 Å². The van der Waals surface area contributed by atoms with Crippen LogP contribution in [-0.4, -0.2) is 43.9 Å². The predicted octanol–water partition coefficient (Wildman–Crippen LogP) is 1.08. The number of thioether (sulfide) groups is 1. The third-order valence-electron chi connectivity index (χ3n) is 2.22. The lowest BCUT2D eigenvalue weighted by Crippen LogP contribution is -2.15. The van der Waals surface area contributed by atoms with Crippen LogP contribution < -0.4 is 4.90 Å². The van der Waals surface area contributed by atoms with Crippen molar-refractivity contribution in [3.63, 3.8) is 0 Å². The van der Waals surface area contributed by atoms with Gasteiger partial charge in [-0.15, -0.1) is 10.2 Å². The Morgan fingerprint density at radius 1 is 1.58 bits per heavy atom. The van der Waals surface area contributed by atoms with Crippen LogP contribution in [0.25, 0.3) is 0 Å². The van der Waals surface area contributed by atoms with Crippen molar-refractivity contribution in [2.24, 2.45) is 7.05 Å². The van der Waals surface area contributed by atoms with Crippen molar-refractivity contribution in [1.29, 1.82) is 0 Å². The van der Waals surface area contributed by atoms with Gasteiger partial charge in [0, 0.05) is 32.4 Å². The fourth-order valence-corrected chi connectivity index (χ4v) is 2.96. The standard InChI is InChI=1S/C10H13N5O2S2/c1-14(4-7-3-11-15(2)5-7)9-12-13-10(19-9)18-6-8(16)17/h3,5H,4,6H2,1-2H3,(H,16,17). The molecule has 2 aromatic rings. The molecule has 9 heteroatoms.